The first kappa shape index (κ1) is 18.8. The normalized spacial score (nSPS) is 21.0. The number of carbonyl (C=O) groups is 2. The lowest BCUT2D eigenvalue weighted by molar-refractivity contribution is -0.123. The summed E-state index contributed by atoms with van der Waals surface area (Å²) < 4.78 is 16.0. The zero-order valence-corrected chi connectivity index (χ0v) is 17.0. The van der Waals surface area contributed by atoms with E-state index in [1.54, 1.807) is 42.5 Å². The molecule has 0 radical (unpaired) electrons. The Labute approximate surface area is 185 Å². The first-order valence-electron chi connectivity index (χ1n) is 9.62. The number of aromatic nitrogens is 2. The van der Waals surface area contributed by atoms with E-state index < -0.39 is 23.9 Å². The zero-order valence-electron chi connectivity index (χ0n) is 16.2. The minimum Gasteiger partial charge on any atom is -0.454 e. The van der Waals surface area contributed by atoms with Crippen LogP contribution in [0.2, 0.25) is 5.02 Å². The average molecular weight is 453 g/mol. The second-order valence-corrected chi connectivity index (χ2v) is 7.70. The van der Waals surface area contributed by atoms with Crippen LogP contribution in [0.5, 0.6) is 11.5 Å². The summed E-state index contributed by atoms with van der Waals surface area (Å²) in [5.74, 6) is 0.915. The topological polar surface area (TPSA) is 123 Å². The quantitative estimate of drug-likeness (QED) is 0.553. The van der Waals surface area contributed by atoms with Crippen LogP contribution in [-0.2, 0) is 16.1 Å². The number of halogens is 1. The summed E-state index contributed by atoms with van der Waals surface area (Å²) in [6.07, 6.45) is 0. The van der Waals surface area contributed by atoms with Gasteiger partial charge in [-0.05, 0) is 36.4 Å². The standard InChI is InChI=1S/C20H13ClN6O5/c21-11-2-1-3-12(7-11)27-19(28)16-17(20(27)29)26(25-23-16)8-15-22-18(24-32-15)10-4-5-13-14(6-10)31-9-30-13/h1-7,16-17H,8-9H2. The molecule has 1 aromatic heterocycles. The first-order chi connectivity index (χ1) is 15.6. The van der Waals surface area contributed by atoms with Gasteiger partial charge in [0, 0.05) is 10.6 Å². The van der Waals surface area contributed by atoms with Crippen molar-refractivity contribution in [2.24, 2.45) is 10.3 Å². The second kappa shape index (κ2) is 7.02. The van der Waals surface area contributed by atoms with Gasteiger partial charge in [-0.2, -0.15) is 10.1 Å². The molecule has 2 aromatic carbocycles. The number of fused-ring (bicyclic) bond motifs is 2. The molecular weight excluding hydrogens is 440 g/mol. The molecule has 2 amide bonds. The maximum Gasteiger partial charge on any atom is 0.263 e. The summed E-state index contributed by atoms with van der Waals surface area (Å²) in [6.45, 7) is 0.183. The summed E-state index contributed by atoms with van der Waals surface area (Å²) in [6, 6.07) is 10.0. The van der Waals surface area contributed by atoms with E-state index in [-0.39, 0.29) is 19.2 Å². The van der Waals surface area contributed by atoms with Crippen molar-refractivity contribution in [3.05, 3.63) is 53.4 Å². The number of carbonyl (C=O) groups excluding carboxylic acids is 2. The highest BCUT2D eigenvalue weighted by atomic mass is 35.5. The number of imide groups is 1. The highest BCUT2D eigenvalue weighted by molar-refractivity contribution is 6.31. The summed E-state index contributed by atoms with van der Waals surface area (Å²) in [7, 11) is 0. The highest BCUT2D eigenvalue weighted by Crippen LogP contribution is 2.36. The van der Waals surface area contributed by atoms with Crippen molar-refractivity contribution in [2.75, 3.05) is 11.7 Å². The van der Waals surface area contributed by atoms with Crippen LogP contribution >= 0.6 is 11.6 Å². The van der Waals surface area contributed by atoms with Crippen molar-refractivity contribution in [1.82, 2.24) is 15.1 Å². The monoisotopic (exact) mass is 452 g/mol. The van der Waals surface area contributed by atoms with Gasteiger partial charge in [0.05, 0.1) is 5.69 Å². The van der Waals surface area contributed by atoms with Crippen LogP contribution < -0.4 is 14.4 Å². The van der Waals surface area contributed by atoms with Gasteiger partial charge in [-0.25, -0.2) is 4.90 Å². The van der Waals surface area contributed by atoms with Crippen LogP contribution in [0.4, 0.5) is 5.69 Å². The minimum absolute atomic E-state index is 0.0185. The Morgan fingerprint density at radius 3 is 2.81 bits per heavy atom. The van der Waals surface area contributed by atoms with Gasteiger partial charge in [-0.1, -0.05) is 28.0 Å². The van der Waals surface area contributed by atoms with Crippen molar-refractivity contribution in [1.29, 1.82) is 0 Å². The highest BCUT2D eigenvalue weighted by Gasteiger charge is 2.55. The van der Waals surface area contributed by atoms with Crippen molar-refractivity contribution in [2.45, 2.75) is 18.6 Å². The molecule has 2 unspecified atom stereocenters. The van der Waals surface area contributed by atoms with Crippen molar-refractivity contribution in [3.8, 4) is 22.9 Å². The molecule has 3 aliphatic heterocycles. The van der Waals surface area contributed by atoms with E-state index in [2.05, 4.69) is 20.5 Å². The number of hydrogen-bond acceptors (Lipinski definition) is 10. The molecule has 0 spiro atoms. The zero-order chi connectivity index (χ0) is 21.8. The summed E-state index contributed by atoms with van der Waals surface area (Å²) in [4.78, 5) is 31.3. The lowest BCUT2D eigenvalue weighted by Gasteiger charge is -2.19. The molecule has 2 atom stereocenters. The Morgan fingerprint density at radius 1 is 1.06 bits per heavy atom. The van der Waals surface area contributed by atoms with Gasteiger partial charge < -0.3 is 14.0 Å². The largest absolute Gasteiger partial charge is 0.454 e. The van der Waals surface area contributed by atoms with Crippen LogP contribution in [-0.4, -0.2) is 45.8 Å². The maximum absolute atomic E-state index is 13.1. The lowest BCUT2D eigenvalue weighted by atomic mass is 10.1. The van der Waals surface area contributed by atoms with E-state index in [4.69, 9.17) is 25.6 Å². The summed E-state index contributed by atoms with van der Waals surface area (Å²) in [5, 5.41) is 13.8. The van der Waals surface area contributed by atoms with Gasteiger partial charge in [0.15, 0.2) is 23.6 Å². The molecule has 0 aliphatic carbocycles. The van der Waals surface area contributed by atoms with E-state index in [1.807, 2.05) is 0 Å². The van der Waals surface area contributed by atoms with Gasteiger partial charge in [0.2, 0.25) is 18.5 Å². The molecule has 0 bridgehead atoms. The third kappa shape index (κ3) is 2.89. The summed E-state index contributed by atoms with van der Waals surface area (Å²) >= 11 is 6.02. The number of hydrogen-bond donors (Lipinski definition) is 0. The smallest absolute Gasteiger partial charge is 0.263 e. The van der Waals surface area contributed by atoms with Gasteiger partial charge in [0.1, 0.15) is 6.54 Å². The fourth-order valence-corrected chi connectivity index (χ4v) is 4.02. The van der Waals surface area contributed by atoms with Crippen molar-refractivity contribution < 1.29 is 23.6 Å². The van der Waals surface area contributed by atoms with Crippen LogP contribution in [0.3, 0.4) is 0 Å². The molecule has 3 aliphatic rings. The predicted molar refractivity (Wildman–Crippen MR) is 108 cm³/mol. The molecule has 32 heavy (non-hydrogen) atoms. The molecule has 0 N–H and O–H groups in total. The molecule has 4 heterocycles. The van der Waals surface area contributed by atoms with Crippen LogP contribution in [0.25, 0.3) is 11.4 Å². The van der Waals surface area contributed by atoms with Gasteiger partial charge in [-0.3, -0.25) is 14.6 Å². The van der Waals surface area contributed by atoms with Crippen molar-refractivity contribution >= 4 is 29.1 Å². The van der Waals surface area contributed by atoms with Crippen LogP contribution in [0.15, 0.2) is 57.3 Å². The first-order valence-corrected chi connectivity index (χ1v) is 10.00. The Hall–Kier alpha value is -3.99. The number of ether oxygens (including phenoxy) is 2. The van der Waals surface area contributed by atoms with Gasteiger partial charge in [0.25, 0.3) is 11.8 Å². The number of rotatable bonds is 4. The number of anilines is 1. The minimum atomic E-state index is -0.933. The van der Waals surface area contributed by atoms with Gasteiger partial charge >= 0.3 is 0 Å². The fraction of sp³-hybridized carbons (Fsp3) is 0.200. The molecule has 11 nitrogen and oxygen atoms in total. The lowest BCUT2D eigenvalue weighted by Crippen LogP contribution is -2.39. The molecule has 0 saturated carbocycles. The van der Waals surface area contributed by atoms with E-state index in [0.29, 0.717) is 33.6 Å². The van der Waals surface area contributed by atoms with E-state index in [9.17, 15) is 9.59 Å². The molecule has 3 aromatic rings. The number of amides is 2. The Morgan fingerprint density at radius 2 is 1.94 bits per heavy atom. The number of benzene rings is 2. The van der Waals surface area contributed by atoms with Crippen molar-refractivity contribution in [3.63, 3.8) is 0 Å². The third-order valence-corrected chi connectivity index (χ3v) is 5.56. The fourth-order valence-electron chi connectivity index (χ4n) is 3.83. The second-order valence-electron chi connectivity index (χ2n) is 7.26. The SMILES string of the molecule is O=C1C2N=NN(Cc3nc(-c4ccc5c(c4)OCO5)no3)C2C(=O)N1c1cccc(Cl)c1. The maximum atomic E-state index is 13.1. The Kier molecular flexibility index (Phi) is 4.12. The molecule has 1 saturated heterocycles. The van der Waals surface area contributed by atoms with E-state index >= 15 is 0 Å². The Balaban J connectivity index is 1.22. The third-order valence-electron chi connectivity index (χ3n) is 5.32. The predicted octanol–water partition coefficient (Wildman–Crippen LogP) is 2.61. The molecule has 1 fully saturated rings. The number of nitrogens with zero attached hydrogens (tertiary/aromatic N) is 6. The molecule has 160 valence electrons. The van der Waals surface area contributed by atoms with E-state index in [1.165, 1.54) is 5.01 Å². The molecule has 6 rings (SSSR count). The van der Waals surface area contributed by atoms with Crippen LogP contribution in [0, 0.1) is 0 Å². The van der Waals surface area contributed by atoms with Gasteiger partial charge in [-0.15, -0.1) is 0 Å². The summed E-state index contributed by atoms with van der Waals surface area (Å²) in [5.41, 5.74) is 1.07. The van der Waals surface area contributed by atoms with E-state index in [0.717, 1.165) is 4.90 Å². The Bertz CT molecular complexity index is 1290. The molecular formula is C20H13ClN6O5. The average Bonchev–Trinajstić information content (AvgIpc) is 3.55. The molecule has 12 heteroatoms. The van der Waals surface area contributed by atoms with Crippen LogP contribution in [0.1, 0.15) is 5.89 Å².